The van der Waals surface area contributed by atoms with Crippen LogP contribution in [0.15, 0.2) is 35.3 Å². The molecule has 0 aliphatic heterocycles. The number of nitrogens with zero attached hydrogens (tertiary/aromatic N) is 1. The van der Waals surface area contributed by atoms with Crippen LogP contribution in [0.1, 0.15) is 12.5 Å². The molecule has 0 amide bonds. The highest BCUT2D eigenvalue weighted by atomic mass is 16.5. The van der Waals surface area contributed by atoms with E-state index in [2.05, 4.69) is 4.99 Å². The first-order valence-electron chi connectivity index (χ1n) is 4.96. The fourth-order valence-corrected chi connectivity index (χ4v) is 1.32. The molecule has 0 heterocycles. The first-order valence-corrected chi connectivity index (χ1v) is 4.96. The predicted octanol–water partition coefficient (Wildman–Crippen LogP) is 1.50. The number of hydrogen-bond acceptors (Lipinski definition) is 4. The van der Waals surface area contributed by atoms with Gasteiger partial charge in [0.05, 0.1) is 0 Å². The number of rotatable bonds is 5. The van der Waals surface area contributed by atoms with Crippen LogP contribution in [0.3, 0.4) is 0 Å². The van der Waals surface area contributed by atoms with Gasteiger partial charge in [0.15, 0.2) is 0 Å². The smallest absolute Gasteiger partial charge is 0.302 e. The molecule has 4 nitrogen and oxygen atoms in total. The number of carbonyl (C=O) groups is 1. The molecule has 0 aliphatic carbocycles. The summed E-state index contributed by atoms with van der Waals surface area (Å²) < 4.78 is 4.82. The fraction of sp³-hybridized carbons (Fsp3) is 0.333. The van der Waals surface area contributed by atoms with Gasteiger partial charge in [-0.1, -0.05) is 30.3 Å². The van der Waals surface area contributed by atoms with E-state index in [1.54, 1.807) is 0 Å². The Bertz CT molecular complexity index is 383. The van der Waals surface area contributed by atoms with E-state index in [1.807, 2.05) is 30.3 Å². The highest BCUT2D eigenvalue weighted by Crippen LogP contribution is 2.06. The Balaban J connectivity index is 2.57. The minimum atomic E-state index is -0.376. The second-order valence-corrected chi connectivity index (χ2v) is 3.37. The molecule has 1 aromatic rings. The molecule has 0 unspecified atom stereocenters. The van der Waals surface area contributed by atoms with Crippen LogP contribution in [-0.2, 0) is 20.7 Å². The van der Waals surface area contributed by atoms with Crippen molar-refractivity contribution < 1.29 is 14.3 Å². The lowest BCUT2D eigenvalue weighted by Crippen LogP contribution is -2.18. The monoisotopic (exact) mass is 219 g/mol. The van der Waals surface area contributed by atoms with Gasteiger partial charge in [0.2, 0.25) is 6.08 Å². The van der Waals surface area contributed by atoms with Gasteiger partial charge in [-0.15, -0.1) is 0 Å². The summed E-state index contributed by atoms with van der Waals surface area (Å²) in [5.41, 5.74) is 1.04. The molecule has 0 spiro atoms. The van der Waals surface area contributed by atoms with E-state index >= 15 is 0 Å². The Morgan fingerprint density at radius 1 is 1.44 bits per heavy atom. The van der Waals surface area contributed by atoms with Crippen LogP contribution in [-0.4, -0.2) is 24.7 Å². The summed E-state index contributed by atoms with van der Waals surface area (Å²) in [6.45, 7) is 1.43. The third-order valence-electron chi connectivity index (χ3n) is 2.03. The Labute approximate surface area is 94.0 Å². The van der Waals surface area contributed by atoms with Gasteiger partial charge in [-0.05, 0) is 12.0 Å². The molecule has 16 heavy (non-hydrogen) atoms. The molecule has 4 heteroatoms. The number of benzene rings is 1. The van der Waals surface area contributed by atoms with E-state index in [-0.39, 0.29) is 18.6 Å². The van der Waals surface area contributed by atoms with E-state index in [1.165, 1.54) is 13.0 Å². The van der Waals surface area contributed by atoms with Gasteiger partial charge >= 0.3 is 5.97 Å². The number of esters is 1. The van der Waals surface area contributed by atoms with Crippen LogP contribution >= 0.6 is 0 Å². The molecule has 0 N–H and O–H groups in total. The minimum absolute atomic E-state index is 0.111. The second kappa shape index (κ2) is 6.53. The summed E-state index contributed by atoms with van der Waals surface area (Å²) in [6, 6.07) is 9.23. The van der Waals surface area contributed by atoms with Crippen molar-refractivity contribution in [3.8, 4) is 0 Å². The van der Waals surface area contributed by atoms with Crippen LogP contribution < -0.4 is 0 Å². The Kier molecular flexibility index (Phi) is 4.96. The number of hydrogen-bond donors (Lipinski definition) is 0. The zero-order chi connectivity index (χ0) is 11.8. The van der Waals surface area contributed by atoms with Crippen molar-refractivity contribution in [1.82, 2.24) is 0 Å². The molecule has 1 aromatic carbocycles. The number of carbonyl (C=O) groups excluding carboxylic acids is 2. The average Bonchev–Trinajstić information content (AvgIpc) is 2.27. The average molecular weight is 219 g/mol. The fourth-order valence-electron chi connectivity index (χ4n) is 1.32. The SMILES string of the molecule is CC(=O)OC[C@H](Cc1ccccc1)N=C=O. The maximum Gasteiger partial charge on any atom is 0.302 e. The van der Waals surface area contributed by atoms with Gasteiger partial charge in [0.1, 0.15) is 12.6 Å². The summed E-state index contributed by atoms with van der Waals surface area (Å²) in [5, 5.41) is 0. The van der Waals surface area contributed by atoms with E-state index in [0.29, 0.717) is 6.42 Å². The Hall–Kier alpha value is -1.93. The van der Waals surface area contributed by atoms with Crippen molar-refractivity contribution in [2.75, 3.05) is 6.61 Å². The molecule has 0 saturated heterocycles. The third kappa shape index (κ3) is 4.53. The Morgan fingerprint density at radius 2 is 2.12 bits per heavy atom. The van der Waals surface area contributed by atoms with Crippen molar-refractivity contribution in [3.05, 3.63) is 35.9 Å². The molecule has 0 aliphatic rings. The molecule has 84 valence electrons. The molecule has 0 bridgehead atoms. The molecule has 0 aromatic heterocycles. The molecule has 0 saturated carbocycles. The van der Waals surface area contributed by atoms with E-state index in [4.69, 9.17) is 4.74 Å². The van der Waals surface area contributed by atoms with Gasteiger partial charge in [0.25, 0.3) is 0 Å². The Morgan fingerprint density at radius 3 is 2.69 bits per heavy atom. The summed E-state index contributed by atoms with van der Waals surface area (Å²) >= 11 is 0. The largest absolute Gasteiger partial charge is 0.464 e. The van der Waals surface area contributed by atoms with Gasteiger partial charge in [0, 0.05) is 6.92 Å². The second-order valence-electron chi connectivity index (χ2n) is 3.37. The summed E-state index contributed by atoms with van der Waals surface area (Å²) in [6.07, 6.45) is 2.05. The lowest BCUT2D eigenvalue weighted by atomic mass is 10.1. The molecule has 0 radical (unpaired) electrons. The van der Waals surface area contributed by atoms with Crippen LogP contribution in [0.5, 0.6) is 0 Å². The maximum absolute atomic E-state index is 10.6. The minimum Gasteiger partial charge on any atom is -0.464 e. The summed E-state index contributed by atoms with van der Waals surface area (Å²) in [4.78, 5) is 24.5. The summed E-state index contributed by atoms with van der Waals surface area (Å²) in [5.74, 6) is -0.376. The van der Waals surface area contributed by atoms with Crippen molar-refractivity contribution in [2.45, 2.75) is 19.4 Å². The predicted molar refractivity (Wildman–Crippen MR) is 58.7 cm³/mol. The highest BCUT2D eigenvalue weighted by Gasteiger charge is 2.09. The number of isocyanates is 1. The zero-order valence-corrected chi connectivity index (χ0v) is 9.05. The number of ether oxygens (including phenoxy) is 1. The van der Waals surface area contributed by atoms with Crippen molar-refractivity contribution >= 4 is 12.0 Å². The lowest BCUT2D eigenvalue weighted by Gasteiger charge is -2.10. The normalized spacial score (nSPS) is 11.3. The van der Waals surface area contributed by atoms with Crippen LogP contribution in [0.2, 0.25) is 0 Å². The van der Waals surface area contributed by atoms with Gasteiger partial charge in [-0.3, -0.25) is 4.79 Å². The van der Waals surface area contributed by atoms with Gasteiger partial charge < -0.3 is 4.74 Å². The molecular weight excluding hydrogens is 206 g/mol. The molecule has 0 fully saturated rings. The van der Waals surface area contributed by atoms with Gasteiger partial charge in [-0.25, -0.2) is 4.79 Å². The molecular formula is C12H13NO3. The van der Waals surface area contributed by atoms with Crippen molar-refractivity contribution in [3.63, 3.8) is 0 Å². The van der Waals surface area contributed by atoms with E-state index in [0.717, 1.165) is 5.56 Å². The summed E-state index contributed by atoms with van der Waals surface area (Å²) in [7, 11) is 0. The standard InChI is InChI=1S/C12H13NO3/c1-10(15)16-8-12(13-9-14)7-11-5-3-2-4-6-11/h2-6,12H,7-8H2,1H3/t12-/m0/s1. The van der Waals surface area contributed by atoms with E-state index < -0.39 is 0 Å². The maximum atomic E-state index is 10.6. The number of aliphatic imine (C=N–C) groups is 1. The van der Waals surface area contributed by atoms with Crippen LogP contribution in [0.4, 0.5) is 0 Å². The van der Waals surface area contributed by atoms with Gasteiger partial charge in [-0.2, -0.15) is 4.99 Å². The first kappa shape index (κ1) is 12.1. The molecule has 1 atom stereocenters. The van der Waals surface area contributed by atoms with Crippen molar-refractivity contribution in [2.24, 2.45) is 4.99 Å². The first-order chi connectivity index (χ1) is 7.72. The topological polar surface area (TPSA) is 55.7 Å². The van der Waals surface area contributed by atoms with Crippen LogP contribution in [0.25, 0.3) is 0 Å². The van der Waals surface area contributed by atoms with Crippen molar-refractivity contribution in [1.29, 1.82) is 0 Å². The van der Waals surface area contributed by atoms with E-state index in [9.17, 15) is 9.59 Å². The lowest BCUT2D eigenvalue weighted by molar-refractivity contribution is -0.141. The highest BCUT2D eigenvalue weighted by molar-refractivity contribution is 5.65. The third-order valence-corrected chi connectivity index (χ3v) is 2.03. The quantitative estimate of drug-likeness (QED) is 0.428. The zero-order valence-electron chi connectivity index (χ0n) is 9.05. The molecule has 1 rings (SSSR count). The van der Waals surface area contributed by atoms with Crippen LogP contribution in [0, 0.1) is 0 Å².